The number of rotatable bonds is 5. The van der Waals surface area contributed by atoms with Gasteiger partial charge in [0.25, 0.3) is 11.8 Å². The van der Waals surface area contributed by atoms with Crippen LogP contribution in [0.15, 0.2) is 59.6 Å². The fraction of sp³-hybridized carbons (Fsp3) is 0.227. The minimum atomic E-state index is -0.293. The van der Waals surface area contributed by atoms with Crippen molar-refractivity contribution in [2.45, 2.75) is 32.7 Å². The number of carbonyl (C=O) groups is 1. The summed E-state index contributed by atoms with van der Waals surface area (Å²) >= 11 is 5.89. The second kappa shape index (κ2) is 8.31. The van der Waals surface area contributed by atoms with E-state index in [1.165, 1.54) is 6.33 Å². The molecule has 0 bridgehead atoms. The number of benzene rings is 1. The first-order valence-corrected chi connectivity index (χ1v) is 10.1. The number of aromatic nitrogens is 5. The van der Waals surface area contributed by atoms with Gasteiger partial charge in [-0.05, 0) is 29.8 Å². The first-order chi connectivity index (χ1) is 14.8. The summed E-state index contributed by atoms with van der Waals surface area (Å²) in [6, 6.07) is 10.9. The summed E-state index contributed by atoms with van der Waals surface area (Å²) < 4.78 is 7.13. The van der Waals surface area contributed by atoms with Crippen LogP contribution in [0.4, 0.5) is 0 Å². The average Bonchev–Trinajstić information content (AvgIpc) is 3.43. The van der Waals surface area contributed by atoms with E-state index in [0.29, 0.717) is 34.7 Å². The van der Waals surface area contributed by atoms with Crippen LogP contribution in [0.2, 0.25) is 5.02 Å². The first kappa shape index (κ1) is 20.7. The normalized spacial score (nSPS) is 11.5. The summed E-state index contributed by atoms with van der Waals surface area (Å²) in [6.07, 6.45) is 4.80. The molecule has 1 amide bonds. The molecule has 0 unspecified atom stereocenters. The van der Waals surface area contributed by atoms with Gasteiger partial charge in [0.1, 0.15) is 12.0 Å². The Kier molecular flexibility index (Phi) is 5.56. The van der Waals surface area contributed by atoms with Gasteiger partial charge in [-0.3, -0.25) is 9.36 Å². The molecule has 0 spiro atoms. The van der Waals surface area contributed by atoms with Crippen LogP contribution in [0, 0.1) is 0 Å². The lowest BCUT2D eigenvalue weighted by Gasteiger charge is -2.11. The predicted octanol–water partition coefficient (Wildman–Crippen LogP) is 4.20. The molecule has 158 valence electrons. The van der Waals surface area contributed by atoms with E-state index < -0.39 is 0 Å². The topological polar surface area (TPSA) is 98.7 Å². The maximum absolute atomic E-state index is 12.5. The molecule has 9 heteroatoms. The Morgan fingerprint density at radius 3 is 2.65 bits per heavy atom. The van der Waals surface area contributed by atoms with E-state index in [9.17, 15) is 4.79 Å². The zero-order valence-corrected chi connectivity index (χ0v) is 18.1. The van der Waals surface area contributed by atoms with Gasteiger partial charge in [-0.15, -0.1) is 0 Å². The Morgan fingerprint density at radius 1 is 1.16 bits per heavy atom. The summed E-state index contributed by atoms with van der Waals surface area (Å²) in [5.74, 6) is 1.20. The summed E-state index contributed by atoms with van der Waals surface area (Å²) in [5, 5.41) is 7.58. The highest BCUT2D eigenvalue weighted by atomic mass is 35.5. The molecule has 0 aliphatic heterocycles. The van der Waals surface area contributed by atoms with Gasteiger partial charge in [-0.25, -0.2) is 9.97 Å². The molecule has 0 saturated carbocycles. The van der Waals surface area contributed by atoms with Gasteiger partial charge in [-0.1, -0.05) is 49.7 Å². The first-order valence-electron chi connectivity index (χ1n) is 9.68. The van der Waals surface area contributed by atoms with Crippen molar-refractivity contribution >= 4 is 17.5 Å². The van der Waals surface area contributed by atoms with Gasteiger partial charge in [0.2, 0.25) is 0 Å². The molecule has 0 fully saturated rings. The third-order valence-electron chi connectivity index (χ3n) is 4.54. The molecule has 8 nitrogen and oxygen atoms in total. The minimum absolute atomic E-state index is 0.242. The second-order valence-corrected chi connectivity index (χ2v) is 8.46. The quantitative estimate of drug-likeness (QED) is 0.503. The minimum Gasteiger partial charge on any atom is -0.347 e. The third kappa shape index (κ3) is 4.64. The molecule has 4 aromatic rings. The molecular weight excluding hydrogens is 416 g/mol. The van der Waals surface area contributed by atoms with Crippen LogP contribution < -0.4 is 5.32 Å². The highest BCUT2D eigenvalue weighted by Gasteiger charge is 2.23. The average molecular weight is 437 g/mol. The molecule has 31 heavy (non-hydrogen) atoms. The van der Waals surface area contributed by atoms with Crippen molar-refractivity contribution in [2.24, 2.45) is 0 Å². The Hall–Kier alpha value is -3.52. The number of hydrogen-bond acceptors (Lipinski definition) is 6. The van der Waals surface area contributed by atoms with E-state index in [0.717, 1.165) is 5.56 Å². The maximum Gasteiger partial charge on any atom is 0.271 e. The van der Waals surface area contributed by atoms with Crippen molar-refractivity contribution < 1.29 is 9.32 Å². The number of amides is 1. The lowest BCUT2D eigenvalue weighted by Crippen LogP contribution is -2.23. The Balaban J connectivity index is 1.54. The molecule has 1 N–H and O–H groups in total. The number of carbonyl (C=O) groups excluding carboxylic acids is 1. The monoisotopic (exact) mass is 436 g/mol. The van der Waals surface area contributed by atoms with Crippen molar-refractivity contribution in [2.75, 3.05) is 0 Å². The second-order valence-electron chi connectivity index (χ2n) is 8.02. The Morgan fingerprint density at radius 2 is 1.94 bits per heavy atom. The highest BCUT2D eigenvalue weighted by Crippen LogP contribution is 2.27. The van der Waals surface area contributed by atoms with Crippen molar-refractivity contribution in [1.29, 1.82) is 0 Å². The maximum atomic E-state index is 12.5. The molecule has 1 aromatic carbocycles. The van der Waals surface area contributed by atoms with Crippen molar-refractivity contribution in [3.8, 4) is 17.3 Å². The van der Waals surface area contributed by atoms with Gasteiger partial charge < -0.3 is 9.84 Å². The molecular formula is C22H21ClN6O2. The summed E-state index contributed by atoms with van der Waals surface area (Å²) in [7, 11) is 0. The van der Waals surface area contributed by atoms with Crippen molar-refractivity contribution in [1.82, 2.24) is 30.0 Å². The molecule has 4 rings (SSSR count). The van der Waals surface area contributed by atoms with Crippen LogP contribution in [0.1, 0.15) is 42.6 Å². The van der Waals surface area contributed by atoms with Gasteiger partial charge in [0, 0.05) is 29.4 Å². The van der Waals surface area contributed by atoms with Crippen LogP contribution in [-0.2, 0) is 12.0 Å². The van der Waals surface area contributed by atoms with E-state index in [-0.39, 0.29) is 17.0 Å². The number of pyridine rings is 1. The van der Waals surface area contributed by atoms with E-state index in [2.05, 4.69) is 25.4 Å². The number of imidazole rings is 1. The smallest absolute Gasteiger partial charge is 0.271 e. The highest BCUT2D eigenvalue weighted by molar-refractivity contribution is 6.30. The largest absolute Gasteiger partial charge is 0.347 e. The van der Waals surface area contributed by atoms with E-state index in [4.69, 9.17) is 16.1 Å². The van der Waals surface area contributed by atoms with Crippen LogP contribution >= 0.6 is 11.6 Å². The van der Waals surface area contributed by atoms with E-state index >= 15 is 0 Å². The predicted molar refractivity (Wildman–Crippen MR) is 116 cm³/mol. The van der Waals surface area contributed by atoms with Gasteiger partial charge in [0.05, 0.1) is 5.56 Å². The van der Waals surface area contributed by atoms with Gasteiger partial charge >= 0.3 is 0 Å². The van der Waals surface area contributed by atoms with Crippen LogP contribution in [0.3, 0.4) is 0 Å². The standard InChI is InChI=1S/C22H21ClN6O2/c1-22(2,3)21-27-20(31-28-21)16-5-4-10-24-18(16)29-12-17(26-13-29)19(30)25-11-14-6-8-15(23)9-7-14/h4-10,12-13H,11H2,1-3H3,(H,25,30). The SMILES string of the molecule is CC(C)(C)c1noc(-c2cccnc2-n2cnc(C(=O)NCc3ccc(Cl)cc3)c2)n1. The molecule has 0 radical (unpaired) electrons. The van der Waals surface area contributed by atoms with Crippen LogP contribution in [0.25, 0.3) is 17.3 Å². The molecule has 0 aliphatic rings. The zero-order chi connectivity index (χ0) is 22.0. The summed E-state index contributed by atoms with van der Waals surface area (Å²) in [4.78, 5) is 25.7. The molecule has 0 saturated heterocycles. The van der Waals surface area contributed by atoms with Gasteiger partial charge in [-0.2, -0.15) is 4.98 Å². The Bertz CT molecular complexity index is 1210. The van der Waals surface area contributed by atoms with Gasteiger partial charge in [0.15, 0.2) is 11.6 Å². The lowest BCUT2D eigenvalue weighted by atomic mass is 9.96. The number of hydrogen-bond donors (Lipinski definition) is 1. The van der Waals surface area contributed by atoms with Crippen LogP contribution in [0.5, 0.6) is 0 Å². The zero-order valence-electron chi connectivity index (χ0n) is 17.3. The summed E-state index contributed by atoms with van der Waals surface area (Å²) in [6.45, 7) is 6.40. The third-order valence-corrected chi connectivity index (χ3v) is 4.79. The van der Waals surface area contributed by atoms with E-state index in [1.54, 1.807) is 35.2 Å². The number of nitrogens with one attached hydrogen (secondary N) is 1. The fourth-order valence-corrected chi connectivity index (χ4v) is 2.96. The molecule has 3 aromatic heterocycles. The lowest BCUT2D eigenvalue weighted by molar-refractivity contribution is 0.0946. The fourth-order valence-electron chi connectivity index (χ4n) is 2.84. The molecule has 0 aliphatic carbocycles. The number of halogens is 1. The van der Waals surface area contributed by atoms with E-state index in [1.807, 2.05) is 39.0 Å². The summed E-state index contributed by atoms with van der Waals surface area (Å²) in [5.41, 5.74) is 1.62. The van der Waals surface area contributed by atoms with Crippen molar-refractivity contribution in [3.05, 3.63) is 77.2 Å². The molecule has 0 atom stereocenters. The molecule has 3 heterocycles. The Labute approximate surface area is 184 Å². The van der Waals surface area contributed by atoms with Crippen LogP contribution in [-0.4, -0.2) is 30.6 Å². The number of nitrogens with zero attached hydrogens (tertiary/aromatic N) is 5. The van der Waals surface area contributed by atoms with Crippen molar-refractivity contribution in [3.63, 3.8) is 0 Å².